The van der Waals surface area contributed by atoms with Gasteiger partial charge in [-0.2, -0.15) is 0 Å². The van der Waals surface area contributed by atoms with E-state index in [1.807, 2.05) is 37.4 Å². The second-order valence-corrected chi connectivity index (χ2v) is 5.83. The highest BCUT2D eigenvalue weighted by Gasteiger charge is 2.29. The van der Waals surface area contributed by atoms with Crippen LogP contribution >= 0.6 is 0 Å². The van der Waals surface area contributed by atoms with E-state index in [4.69, 9.17) is 0 Å². The Morgan fingerprint density at radius 1 is 1.24 bits per heavy atom. The van der Waals surface area contributed by atoms with Gasteiger partial charge in [0.2, 0.25) is 11.8 Å². The Morgan fingerprint density at radius 3 is 2.62 bits per heavy atom. The second-order valence-electron chi connectivity index (χ2n) is 5.83. The summed E-state index contributed by atoms with van der Waals surface area (Å²) in [6.07, 6.45) is 1.89. The molecule has 2 amide bonds. The first-order valence-corrected chi connectivity index (χ1v) is 6.96. The van der Waals surface area contributed by atoms with Gasteiger partial charge in [0.05, 0.1) is 6.04 Å². The lowest BCUT2D eigenvalue weighted by Crippen LogP contribution is -2.54. The third-order valence-corrected chi connectivity index (χ3v) is 3.48. The lowest BCUT2D eigenvalue weighted by Gasteiger charge is -2.26. The zero-order valence-corrected chi connectivity index (χ0v) is 12.8. The molecule has 0 radical (unpaired) electrons. The van der Waals surface area contributed by atoms with Crippen LogP contribution in [0.1, 0.15) is 39.3 Å². The van der Waals surface area contributed by atoms with Crippen molar-refractivity contribution >= 4 is 22.7 Å². The van der Waals surface area contributed by atoms with Crippen LogP contribution in [0, 0.1) is 0 Å². The van der Waals surface area contributed by atoms with E-state index in [2.05, 4.69) is 15.6 Å². The van der Waals surface area contributed by atoms with E-state index in [0.29, 0.717) is 0 Å². The van der Waals surface area contributed by atoms with Crippen molar-refractivity contribution in [3.8, 4) is 0 Å². The van der Waals surface area contributed by atoms with Crippen LogP contribution < -0.4 is 10.6 Å². The van der Waals surface area contributed by atoms with E-state index >= 15 is 0 Å². The third kappa shape index (κ3) is 3.42. The van der Waals surface area contributed by atoms with Gasteiger partial charge in [0.1, 0.15) is 5.54 Å². The van der Waals surface area contributed by atoms with Crippen LogP contribution in [0.25, 0.3) is 10.9 Å². The first-order valence-electron chi connectivity index (χ1n) is 6.96. The Hall–Kier alpha value is -2.30. The van der Waals surface area contributed by atoms with E-state index in [9.17, 15) is 9.59 Å². The molecule has 0 saturated heterocycles. The van der Waals surface area contributed by atoms with Gasteiger partial charge in [0, 0.05) is 18.6 Å². The van der Waals surface area contributed by atoms with Crippen molar-refractivity contribution in [3.63, 3.8) is 0 Å². The summed E-state index contributed by atoms with van der Waals surface area (Å²) in [7, 11) is 0. The van der Waals surface area contributed by atoms with Crippen LogP contribution in [0.4, 0.5) is 0 Å². The van der Waals surface area contributed by atoms with Crippen molar-refractivity contribution in [2.75, 3.05) is 0 Å². The van der Waals surface area contributed by atoms with Crippen LogP contribution in [0.2, 0.25) is 0 Å². The standard InChI is InChI=1S/C16H21N3O2/c1-10(18-15(21)16(3,4)19-11(2)20)12-5-6-14-13(9-12)7-8-17-14/h5-10,17H,1-4H3,(H,18,21)(H,19,20)/t10-/m0/s1. The summed E-state index contributed by atoms with van der Waals surface area (Å²) in [4.78, 5) is 26.5. The molecule has 112 valence electrons. The van der Waals surface area contributed by atoms with Gasteiger partial charge in [-0.3, -0.25) is 9.59 Å². The van der Waals surface area contributed by atoms with Gasteiger partial charge in [-0.15, -0.1) is 0 Å². The lowest BCUT2D eigenvalue weighted by molar-refractivity contribution is -0.132. The fraction of sp³-hybridized carbons (Fsp3) is 0.375. The SMILES string of the molecule is CC(=O)NC(C)(C)C(=O)N[C@@H](C)c1ccc2[nH]ccc2c1. The van der Waals surface area contributed by atoms with E-state index in [0.717, 1.165) is 16.5 Å². The molecule has 0 bridgehead atoms. The third-order valence-electron chi connectivity index (χ3n) is 3.48. The normalized spacial score (nSPS) is 13.0. The summed E-state index contributed by atoms with van der Waals surface area (Å²) in [5.41, 5.74) is 1.16. The van der Waals surface area contributed by atoms with Crippen molar-refractivity contribution in [1.29, 1.82) is 0 Å². The molecule has 1 aromatic carbocycles. The van der Waals surface area contributed by atoms with E-state index in [1.165, 1.54) is 6.92 Å². The molecule has 3 N–H and O–H groups in total. The van der Waals surface area contributed by atoms with Gasteiger partial charge >= 0.3 is 0 Å². The summed E-state index contributed by atoms with van der Waals surface area (Å²) in [6.45, 7) is 6.70. The molecular weight excluding hydrogens is 266 g/mol. The van der Waals surface area contributed by atoms with Crippen LogP contribution in [0.3, 0.4) is 0 Å². The molecule has 0 unspecified atom stereocenters. The summed E-state index contributed by atoms with van der Waals surface area (Å²) in [6, 6.07) is 7.88. The van der Waals surface area contributed by atoms with E-state index < -0.39 is 5.54 Å². The Bertz CT molecular complexity index is 673. The number of aromatic nitrogens is 1. The Labute approximate surface area is 124 Å². The molecule has 0 aliphatic carbocycles. The average molecular weight is 287 g/mol. The number of amides is 2. The lowest BCUT2D eigenvalue weighted by atomic mass is 10.0. The van der Waals surface area contributed by atoms with Crippen LogP contribution in [0.5, 0.6) is 0 Å². The number of H-pyrrole nitrogens is 1. The number of aromatic amines is 1. The summed E-state index contributed by atoms with van der Waals surface area (Å²) < 4.78 is 0. The number of hydrogen-bond acceptors (Lipinski definition) is 2. The van der Waals surface area contributed by atoms with Gasteiger partial charge in [-0.05, 0) is 49.9 Å². The first kappa shape index (κ1) is 15.1. The van der Waals surface area contributed by atoms with Crippen molar-refractivity contribution in [2.24, 2.45) is 0 Å². The Morgan fingerprint density at radius 2 is 1.95 bits per heavy atom. The number of fused-ring (bicyclic) bond motifs is 1. The van der Waals surface area contributed by atoms with E-state index in [-0.39, 0.29) is 17.9 Å². The number of carbonyl (C=O) groups is 2. The second kappa shape index (κ2) is 5.60. The molecule has 0 spiro atoms. The predicted molar refractivity (Wildman–Crippen MR) is 82.8 cm³/mol. The molecule has 2 aromatic rings. The largest absolute Gasteiger partial charge is 0.361 e. The van der Waals surface area contributed by atoms with Crippen molar-refractivity contribution in [2.45, 2.75) is 39.3 Å². The number of nitrogens with one attached hydrogen (secondary N) is 3. The smallest absolute Gasteiger partial charge is 0.245 e. The van der Waals surface area contributed by atoms with Gasteiger partial charge in [0.15, 0.2) is 0 Å². The summed E-state index contributed by atoms with van der Waals surface area (Å²) in [5.74, 6) is -0.434. The maximum Gasteiger partial charge on any atom is 0.245 e. The van der Waals surface area contributed by atoms with Crippen molar-refractivity contribution < 1.29 is 9.59 Å². The highest BCUT2D eigenvalue weighted by molar-refractivity contribution is 5.90. The van der Waals surface area contributed by atoms with Gasteiger partial charge in [-0.1, -0.05) is 6.07 Å². The van der Waals surface area contributed by atoms with Crippen molar-refractivity contribution in [3.05, 3.63) is 36.0 Å². The molecule has 0 aliphatic rings. The minimum absolute atomic E-state index is 0.134. The molecule has 1 atom stereocenters. The molecule has 2 rings (SSSR count). The van der Waals surface area contributed by atoms with Gasteiger partial charge < -0.3 is 15.6 Å². The molecular formula is C16H21N3O2. The maximum absolute atomic E-state index is 12.3. The quantitative estimate of drug-likeness (QED) is 0.807. The Kier molecular flexibility index (Phi) is 4.02. The monoisotopic (exact) mass is 287 g/mol. The maximum atomic E-state index is 12.3. The zero-order valence-electron chi connectivity index (χ0n) is 12.8. The number of rotatable bonds is 4. The van der Waals surface area contributed by atoms with Crippen LogP contribution in [-0.4, -0.2) is 22.3 Å². The van der Waals surface area contributed by atoms with Crippen molar-refractivity contribution in [1.82, 2.24) is 15.6 Å². The fourth-order valence-electron chi connectivity index (χ4n) is 2.30. The highest BCUT2D eigenvalue weighted by atomic mass is 16.2. The van der Waals surface area contributed by atoms with Gasteiger partial charge in [-0.25, -0.2) is 0 Å². The molecule has 0 saturated carbocycles. The molecule has 5 heteroatoms. The Balaban J connectivity index is 2.11. The van der Waals surface area contributed by atoms with E-state index in [1.54, 1.807) is 13.8 Å². The van der Waals surface area contributed by atoms with Crippen LogP contribution in [0.15, 0.2) is 30.5 Å². The molecule has 5 nitrogen and oxygen atoms in total. The van der Waals surface area contributed by atoms with Gasteiger partial charge in [0.25, 0.3) is 0 Å². The summed E-state index contributed by atoms with van der Waals surface area (Å²) >= 11 is 0. The minimum atomic E-state index is -0.932. The topological polar surface area (TPSA) is 74.0 Å². The minimum Gasteiger partial charge on any atom is -0.361 e. The molecule has 0 fully saturated rings. The summed E-state index contributed by atoms with van der Waals surface area (Å²) in [5, 5.41) is 6.69. The fourth-order valence-corrected chi connectivity index (χ4v) is 2.30. The molecule has 1 aromatic heterocycles. The average Bonchev–Trinajstić information content (AvgIpc) is 2.83. The number of benzene rings is 1. The highest BCUT2D eigenvalue weighted by Crippen LogP contribution is 2.20. The number of carbonyl (C=O) groups excluding carboxylic acids is 2. The molecule has 21 heavy (non-hydrogen) atoms. The number of hydrogen-bond donors (Lipinski definition) is 3. The molecule has 0 aliphatic heterocycles. The predicted octanol–water partition coefficient (Wildman–Crippen LogP) is 2.26. The zero-order chi connectivity index (χ0) is 15.6. The first-order chi connectivity index (χ1) is 9.79. The van der Waals surface area contributed by atoms with Crippen LogP contribution in [-0.2, 0) is 9.59 Å². The molecule has 1 heterocycles.